The number of thioether (sulfide) groups is 1. The van der Waals surface area contributed by atoms with Gasteiger partial charge in [-0.2, -0.15) is 0 Å². The van der Waals surface area contributed by atoms with Gasteiger partial charge in [-0.05, 0) is 67.1 Å². The Hall–Kier alpha value is -2.52. The second kappa shape index (κ2) is 8.08. The van der Waals surface area contributed by atoms with Crippen LogP contribution in [0.4, 0.5) is 16.2 Å². The first-order valence-corrected chi connectivity index (χ1v) is 11.3. The maximum absolute atomic E-state index is 12.9. The first-order valence-electron chi connectivity index (χ1n) is 9.03. The lowest BCUT2D eigenvalue weighted by atomic mass is 10.1. The SMILES string of the molecule is CC(=O)N1c2ccc(S(=O)(=O)Nc3cccc(SC(=O)N(C)C)c3)cc2CC1C. The van der Waals surface area contributed by atoms with Gasteiger partial charge >= 0.3 is 0 Å². The molecule has 9 heteroatoms. The summed E-state index contributed by atoms with van der Waals surface area (Å²) in [6.07, 6.45) is 0.608. The van der Waals surface area contributed by atoms with Crippen molar-refractivity contribution < 1.29 is 18.0 Å². The Bertz CT molecular complexity index is 1070. The number of amides is 2. The van der Waals surface area contributed by atoms with Crippen LogP contribution < -0.4 is 9.62 Å². The molecule has 0 aromatic heterocycles. The zero-order chi connectivity index (χ0) is 21.3. The van der Waals surface area contributed by atoms with Gasteiger partial charge in [0.15, 0.2) is 0 Å². The molecular weight excluding hydrogens is 410 g/mol. The van der Waals surface area contributed by atoms with Gasteiger partial charge < -0.3 is 9.80 Å². The third kappa shape index (κ3) is 4.56. The maximum atomic E-state index is 12.9. The van der Waals surface area contributed by atoms with Crippen molar-refractivity contribution >= 4 is 44.3 Å². The molecule has 1 unspecified atom stereocenters. The fourth-order valence-corrected chi connectivity index (χ4v) is 5.10. The third-order valence-corrected chi connectivity index (χ3v) is 6.98. The van der Waals surface area contributed by atoms with Crippen molar-refractivity contribution in [3.05, 3.63) is 48.0 Å². The van der Waals surface area contributed by atoms with Crippen LogP contribution in [0, 0.1) is 0 Å². The molecule has 0 saturated carbocycles. The molecule has 2 aromatic carbocycles. The average Bonchev–Trinajstić information content (AvgIpc) is 2.96. The summed E-state index contributed by atoms with van der Waals surface area (Å²) in [5.74, 6) is -0.0634. The lowest BCUT2D eigenvalue weighted by Crippen LogP contribution is -2.33. The average molecular weight is 434 g/mol. The number of sulfonamides is 1. The molecule has 0 saturated heterocycles. The van der Waals surface area contributed by atoms with E-state index < -0.39 is 10.0 Å². The number of benzene rings is 2. The van der Waals surface area contributed by atoms with Crippen molar-refractivity contribution in [1.82, 2.24) is 4.90 Å². The topological polar surface area (TPSA) is 86.8 Å². The number of carbonyl (C=O) groups is 2. The van der Waals surface area contributed by atoms with Crippen molar-refractivity contribution in [2.75, 3.05) is 23.7 Å². The molecule has 1 aliphatic rings. The minimum atomic E-state index is -3.81. The van der Waals surface area contributed by atoms with Crippen molar-refractivity contribution in [3.8, 4) is 0 Å². The van der Waals surface area contributed by atoms with E-state index in [4.69, 9.17) is 0 Å². The van der Waals surface area contributed by atoms with E-state index in [9.17, 15) is 18.0 Å². The van der Waals surface area contributed by atoms with Crippen LogP contribution in [0.3, 0.4) is 0 Å². The summed E-state index contributed by atoms with van der Waals surface area (Å²) in [6.45, 7) is 3.44. The summed E-state index contributed by atoms with van der Waals surface area (Å²) in [6, 6.07) is 11.5. The second-order valence-corrected chi connectivity index (χ2v) is 9.84. The Morgan fingerprint density at radius 1 is 1.17 bits per heavy atom. The van der Waals surface area contributed by atoms with Crippen LogP contribution in [0.5, 0.6) is 0 Å². The van der Waals surface area contributed by atoms with Crippen molar-refractivity contribution in [2.24, 2.45) is 0 Å². The summed E-state index contributed by atoms with van der Waals surface area (Å²) < 4.78 is 28.3. The molecule has 1 heterocycles. The van der Waals surface area contributed by atoms with Gasteiger partial charge in [-0.15, -0.1) is 0 Å². The van der Waals surface area contributed by atoms with Crippen LogP contribution in [-0.2, 0) is 21.2 Å². The zero-order valence-electron chi connectivity index (χ0n) is 16.7. The predicted octanol–water partition coefficient (Wildman–Crippen LogP) is 3.56. The van der Waals surface area contributed by atoms with E-state index in [2.05, 4.69) is 4.72 Å². The summed E-state index contributed by atoms with van der Waals surface area (Å²) in [5.41, 5.74) is 1.96. The van der Waals surface area contributed by atoms with E-state index in [1.54, 1.807) is 55.4 Å². The molecular formula is C20H23N3O4S2. The number of nitrogens with zero attached hydrogens (tertiary/aromatic N) is 2. The summed E-state index contributed by atoms with van der Waals surface area (Å²) in [7, 11) is -0.497. The predicted molar refractivity (Wildman–Crippen MR) is 115 cm³/mol. The van der Waals surface area contributed by atoms with Crippen LogP contribution in [-0.4, -0.2) is 44.6 Å². The largest absolute Gasteiger partial charge is 0.339 e. The Morgan fingerprint density at radius 3 is 2.55 bits per heavy atom. The highest BCUT2D eigenvalue weighted by atomic mass is 32.2. The van der Waals surface area contributed by atoms with Gasteiger partial charge in [-0.1, -0.05) is 6.07 Å². The highest BCUT2D eigenvalue weighted by molar-refractivity contribution is 8.13. The highest BCUT2D eigenvalue weighted by Gasteiger charge is 2.30. The van der Waals surface area contributed by atoms with E-state index in [1.165, 1.54) is 17.9 Å². The molecule has 0 bridgehead atoms. The lowest BCUT2D eigenvalue weighted by molar-refractivity contribution is -0.116. The number of hydrogen-bond acceptors (Lipinski definition) is 5. The van der Waals surface area contributed by atoms with Gasteiger partial charge in [0.1, 0.15) is 0 Å². The number of carbonyl (C=O) groups excluding carboxylic acids is 2. The summed E-state index contributed by atoms with van der Waals surface area (Å²) in [5, 5.41) is -0.146. The van der Waals surface area contributed by atoms with Crippen molar-refractivity contribution in [3.63, 3.8) is 0 Å². The molecule has 0 fully saturated rings. The number of anilines is 2. The maximum Gasteiger partial charge on any atom is 0.285 e. The Labute approximate surface area is 175 Å². The Balaban J connectivity index is 1.83. The quantitative estimate of drug-likeness (QED) is 0.745. The van der Waals surface area contributed by atoms with Crippen molar-refractivity contribution in [2.45, 2.75) is 36.1 Å². The fourth-order valence-electron chi connectivity index (χ4n) is 3.28. The number of hydrogen-bond donors (Lipinski definition) is 1. The molecule has 1 atom stereocenters. The van der Waals surface area contributed by atoms with Crippen LogP contribution >= 0.6 is 11.8 Å². The molecule has 0 aliphatic carbocycles. The number of rotatable bonds is 4. The van der Waals surface area contributed by atoms with E-state index in [0.717, 1.165) is 23.0 Å². The third-order valence-electron chi connectivity index (χ3n) is 4.57. The molecule has 2 amide bonds. The molecule has 1 aliphatic heterocycles. The molecule has 0 radical (unpaired) electrons. The van der Waals surface area contributed by atoms with Crippen LogP contribution in [0.2, 0.25) is 0 Å². The molecule has 0 spiro atoms. The summed E-state index contributed by atoms with van der Waals surface area (Å²) in [4.78, 5) is 27.6. The normalized spacial score (nSPS) is 15.7. The molecule has 7 nitrogen and oxygen atoms in total. The van der Waals surface area contributed by atoms with Gasteiger partial charge in [-0.25, -0.2) is 8.42 Å². The van der Waals surface area contributed by atoms with E-state index in [0.29, 0.717) is 17.0 Å². The monoisotopic (exact) mass is 433 g/mol. The highest BCUT2D eigenvalue weighted by Crippen LogP contribution is 2.34. The Kier molecular flexibility index (Phi) is 5.90. The molecule has 154 valence electrons. The minimum Gasteiger partial charge on any atom is -0.339 e. The van der Waals surface area contributed by atoms with Gasteiger partial charge in [0, 0.05) is 43.3 Å². The summed E-state index contributed by atoms with van der Waals surface area (Å²) >= 11 is 1.02. The lowest BCUT2D eigenvalue weighted by Gasteiger charge is -2.20. The van der Waals surface area contributed by atoms with Crippen molar-refractivity contribution in [1.29, 1.82) is 0 Å². The van der Waals surface area contributed by atoms with Crippen LogP contribution in [0.1, 0.15) is 19.4 Å². The van der Waals surface area contributed by atoms with Crippen LogP contribution in [0.25, 0.3) is 0 Å². The fraction of sp³-hybridized carbons (Fsp3) is 0.300. The minimum absolute atomic E-state index is 0.00338. The van der Waals surface area contributed by atoms with Gasteiger partial charge in [0.2, 0.25) is 5.91 Å². The molecule has 29 heavy (non-hydrogen) atoms. The first-order chi connectivity index (χ1) is 13.6. The Morgan fingerprint density at radius 2 is 1.90 bits per heavy atom. The van der Waals surface area contributed by atoms with E-state index in [1.807, 2.05) is 6.92 Å². The first kappa shape index (κ1) is 21.2. The molecule has 1 N–H and O–H groups in total. The van der Waals surface area contributed by atoms with Crippen LogP contribution in [0.15, 0.2) is 52.3 Å². The van der Waals surface area contributed by atoms with Gasteiger partial charge in [-0.3, -0.25) is 14.3 Å². The molecule has 3 rings (SSSR count). The van der Waals surface area contributed by atoms with E-state index in [-0.39, 0.29) is 22.1 Å². The second-order valence-electron chi connectivity index (χ2n) is 7.13. The number of nitrogens with one attached hydrogen (secondary N) is 1. The van der Waals surface area contributed by atoms with Gasteiger partial charge in [0.05, 0.1) is 4.90 Å². The van der Waals surface area contributed by atoms with E-state index >= 15 is 0 Å². The standard InChI is InChI=1S/C20H23N3O4S2/c1-13-10-15-11-18(8-9-19(15)23(13)14(2)24)29(26,27)21-16-6-5-7-17(12-16)28-20(25)22(3)4/h5-9,11-13,21H,10H2,1-4H3. The number of fused-ring (bicyclic) bond motifs is 1. The smallest absolute Gasteiger partial charge is 0.285 e. The zero-order valence-corrected chi connectivity index (χ0v) is 18.3. The van der Waals surface area contributed by atoms with Gasteiger partial charge in [0.25, 0.3) is 15.3 Å². The molecule has 2 aromatic rings.